The number of benzene rings is 1. The van der Waals surface area contributed by atoms with E-state index in [0.717, 1.165) is 25.3 Å². The van der Waals surface area contributed by atoms with Gasteiger partial charge in [-0.3, -0.25) is 0 Å². The van der Waals surface area contributed by atoms with Crippen molar-refractivity contribution in [2.75, 3.05) is 27.2 Å². The second-order valence-electron chi connectivity index (χ2n) is 6.24. The largest absolute Gasteiger partial charge is 0.493 e. The van der Waals surface area contributed by atoms with Crippen molar-refractivity contribution in [2.45, 2.75) is 39.5 Å². The molecular weight excluding hydrogens is 222 g/mol. The molecule has 0 atom stereocenters. The summed E-state index contributed by atoms with van der Waals surface area (Å²) < 4.78 is 5.83. The van der Waals surface area contributed by atoms with Crippen molar-refractivity contribution in [3.63, 3.8) is 0 Å². The van der Waals surface area contributed by atoms with E-state index in [9.17, 15) is 0 Å². The van der Waals surface area contributed by atoms with Crippen LogP contribution in [-0.4, -0.2) is 32.1 Å². The van der Waals surface area contributed by atoms with Crippen LogP contribution >= 0.6 is 0 Å². The van der Waals surface area contributed by atoms with Gasteiger partial charge < -0.3 is 9.64 Å². The van der Waals surface area contributed by atoms with Crippen molar-refractivity contribution >= 4 is 0 Å². The van der Waals surface area contributed by atoms with Crippen LogP contribution in [0, 0.1) is 6.92 Å². The van der Waals surface area contributed by atoms with Gasteiger partial charge in [-0.1, -0.05) is 32.9 Å². The van der Waals surface area contributed by atoms with Gasteiger partial charge in [-0.25, -0.2) is 0 Å². The lowest BCUT2D eigenvalue weighted by molar-refractivity contribution is 0.280. The summed E-state index contributed by atoms with van der Waals surface area (Å²) in [5.41, 5.74) is 2.79. The van der Waals surface area contributed by atoms with Crippen LogP contribution in [0.5, 0.6) is 5.75 Å². The second kappa shape index (κ2) is 6.24. The van der Waals surface area contributed by atoms with Crippen molar-refractivity contribution in [1.82, 2.24) is 4.90 Å². The molecule has 0 aliphatic rings. The van der Waals surface area contributed by atoms with Crippen molar-refractivity contribution in [2.24, 2.45) is 0 Å². The lowest BCUT2D eigenvalue weighted by Gasteiger charge is -2.20. The van der Waals surface area contributed by atoms with Gasteiger partial charge in [0.2, 0.25) is 0 Å². The van der Waals surface area contributed by atoms with Crippen molar-refractivity contribution in [1.29, 1.82) is 0 Å². The van der Waals surface area contributed by atoms with Gasteiger partial charge in [-0.05, 0) is 50.0 Å². The Morgan fingerprint density at radius 2 is 1.83 bits per heavy atom. The van der Waals surface area contributed by atoms with E-state index in [-0.39, 0.29) is 5.41 Å². The summed E-state index contributed by atoms with van der Waals surface area (Å²) in [4.78, 5) is 2.18. The molecule has 2 nitrogen and oxygen atoms in total. The minimum Gasteiger partial charge on any atom is -0.493 e. The van der Waals surface area contributed by atoms with Gasteiger partial charge >= 0.3 is 0 Å². The number of hydrogen-bond donors (Lipinski definition) is 0. The molecule has 0 N–H and O–H groups in total. The molecule has 0 amide bonds. The summed E-state index contributed by atoms with van der Waals surface area (Å²) in [6.45, 7) is 10.7. The Hall–Kier alpha value is -1.02. The van der Waals surface area contributed by atoms with E-state index >= 15 is 0 Å². The van der Waals surface area contributed by atoms with E-state index in [1.165, 1.54) is 11.1 Å². The molecule has 102 valence electrons. The van der Waals surface area contributed by atoms with Crippen LogP contribution in [0.4, 0.5) is 0 Å². The van der Waals surface area contributed by atoms with Crippen LogP contribution in [0.3, 0.4) is 0 Å². The third kappa shape index (κ3) is 4.69. The average molecular weight is 249 g/mol. The number of hydrogen-bond acceptors (Lipinski definition) is 2. The SMILES string of the molecule is Cc1cc(C(C)(C)C)ccc1OCCCN(C)C. The molecule has 0 heterocycles. The lowest BCUT2D eigenvalue weighted by atomic mass is 9.86. The van der Waals surface area contributed by atoms with Crippen LogP contribution in [-0.2, 0) is 5.41 Å². The van der Waals surface area contributed by atoms with E-state index < -0.39 is 0 Å². The predicted molar refractivity (Wildman–Crippen MR) is 78.5 cm³/mol. The highest BCUT2D eigenvalue weighted by molar-refractivity contribution is 5.38. The minimum atomic E-state index is 0.203. The van der Waals surface area contributed by atoms with Gasteiger partial charge in [0.15, 0.2) is 0 Å². The van der Waals surface area contributed by atoms with Crippen LogP contribution in [0.1, 0.15) is 38.3 Å². The Morgan fingerprint density at radius 1 is 1.17 bits per heavy atom. The molecule has 0 saturated heterocycles. The maximum absolute atomic E-state index is 5.83. The first-order valence-corrected chi connectivity index (χ1v) is 6.69. The van der Waals surface area contributed by atoms with Gasteiger partial charge in [-0.2, -0.15) is 0 Å². The first-order chi connectivity index (χ1) is 8.30. The summed E-state index contributed by atoms with van der Waals surface area (Å²) in [7, 11) is 4.17. The average Bonchev–Trinajstić information content (AvgIpc) is 2.24. The molecule has 2 heteroatoms. The van der Waals surface area contributed by atoms with E-state index in [4.69, 9.17) is 4.74 Å². The minimum absolute atomic E-state index is 0.203. The molecule has 1 aromatic carbocycles. The fourth-order valence-electron chi connectivity index (χ4n) is 1.84. The fourth-order valence-corrected chi connectivity index (χ4v) is 1.84. The molecular formula is C16H27NO. The van der Waals surface area contributed by atoms with Gasteiger partial charge in [0.05, 0.1) is 6.61 Å². The Kier molecular flexibility index (Phi) is 5.21. The van der Waals surface area contributed by atoms with Crippen LogP contribution in [0.15, 0.2) is 18.2 Å². The van der Waals surface area contributed by atoms with Crippen LogP contribution in [0.25, 0.3) is 0 Å². The highest BCUT2D eigenvalue weighted by atomic mass is 16.5. The molecule has 0 aliphatic carbocycles. The molecule has 0 unspecified atom stereocenters. The molecule has 18 heavy (non-hydrogen) atoms. The second-order valence-corrected chi connectivity index (χ2v) is 6.24. The molecule has 0 saturated carbocycles. The molecule has 0 aliphatic heterocycles. The Balaban J connectivity index is 2.58. The van der Waals surface area contributed by atoms with Crippen LogP contribution in [0.2, 0.25) is 0 Å². The Labute approximate surface area is 112 Å². The van der Waals surface area contributed by atoms with Crippen LogP contribution < -0.4 is 4.74 Å². The van der Waals surface area contributed by atoms with Gasteiger partial charge in [-0.15, -0.1) is 0 Å². The number of ether oxygens (including phenoxy) is 1. The fraction of sp³-hybridized carbons (Fsp3) is 0.625. The summed E-state index contributed by atoms with van der Waals surface area (Å²) in [5, 5.41) is 0. The summed E-state index contributed by atoms with van der Waals surface area (Å²) in [6, 6.07) is 6.52. The standard InChI is InChI=1S/C16H27NO/c1-13-12-14(16(2,3)4)8-9-15(13)18-11-7-10-17(5)6/h8-9,12H,7,10-11H2,1-6H3. The maximum Gasteiger partial charge on any atom is 0.122 e. The predicted octanol–water partition coefficient (Wildman–Crippen LogP) is 3.62. The number of nitrogens with zero attached hydrogens (tertiary/aromatic N) is 1. The van der Waals surface area contributed by atoms with E-state index in [2.05, 4.69) is 64.9 Å². The highest BCUT2D eigenvalue weighted by Crippen LogP contribution is 2.27. The van der Waals surface area contributed by atoms with Gasteiger partial charge in [0.25, 0.3) is 0 Å². The van der Waals surface area contributed by atoms with E-state index in [1.54, 1.807) is 0 Å². The first-order valence-electron chi connectivity index (χ1n) is 6.69. The normalized spacial score (nSPS) is 11.9. The number of aryl methyl sites for hydroxylation is 1. The third-order valence-electron chi connectivity index (χ3n) is 3.05. The van der Waals surface area contributed by atoms with Crippen molar-refractivity contribution < 1.29 is 4.74 Å². The van der Waals surface area contributed by atoms with Crippen molar-refractivity contribution in [3.05, 3.63) is 29.3 Å². The summed E-state index contributed by atoms with van der Waals surface area (Å²) in [6.07, 6.45) is 1.06. The molecule has 0 spiro atoms. The Morgan fingerprint density at radius 3 is 2.33 bits per heavy atom. The smallest absolute Gasteiger partial charge is 0.122 e. The van der Waals surface area contributed by atoms with E-state index in [0.29, 0.717) is 0 Å². The third-order valence-corrected chi connectivity index (χ3v) is 3.05. The van der Waals surface area contributed by atoms with Crippen molar-refractivity contribution in [3.8, 4) is 5.75 Å². The first kappa shape index (κ1) is 15.0. The molecule has 1 rings (SSSR count). The van der Waals surface area contributed by atoms with Gasteiger partial charge in [0, 0.05) is 6.54 Å². The maximum atomic E-state index is 5.83. The summed E-state index contributed by atoms with van der Waals surface area (Å²) in [5.74, 6) is 1.02. The van der Waals surface area contributed by atoms with Gasteiger partial charge in [0.1, 0.15) is 5.75 Å². The topological polar surface area (TPSA) is 12.5 Å². The Bertz CT molecular complexity index is 377. The van der Waals surface area contributed by atoms with E-state index in [1.807, 2.05) is 0 Å². The zero-order chi connectivity index (χ0) is 13.8. The highest BCUT2D eigenvalue weighted by Gasteiger charge is 2.14. The summed E-state index contributed by atoms with van der Waals surface area (Å²) >= 11 is 0. The quantitative estimate of drug-likeness (QED) is 0.739. The monoisotopic (exact) mass is 249 g/mol. The molecule has 0 fully saturated rings. The number of rotatable bonds is 5. The lowest BCUT2D eigenvalue weighted by Crippen LogP contribution is -2.16. The zero-order valence-corrected chi connectivity index (χ0v) is 12.7. The molecule has 0 bridgehead atoms. The molecule has 1 aromatic rings. The molecule has 0 aromatic heterocycles. The zero-order valence-electron chi connectivity index (χ0n) is 12.7. The molecule has 0 radical (unpaired) electrons.